The molecule has 0 bridgehead atoms. The van der Waals surface area contributed by atoms with E-state index in [-0.39, 0.29) is 24.3 Å². The van der Waals surface area contributed by atoms with Gasteiger partial charge in [0.15, 0.2) is 0 Å². The van der Waals surface area contributed by atoms with E-state index in [1.807, 2.05) is 30.3 Å². The summed E-state index contributed by atoms with van der Waals surface area (Å²) in [7, 11) is 1.73. The van der Waals surface area contributed by atoms with E-state index in [1.165, 1.54) is 0 Å². The Morgan fingerprint density at radius 2 is 1.89 bits per heavy atom. The number of carbonyl (C=O) groups excluding carboxylic acids is 2. The average Bonchev–Trinajstić information content (AvgIpc) is 2.70. The van der Waals surface area contributed by atoms with Crippen molar-refractivity contribution in [3.63, 3.8) is 0 Å². The summed E-state index contributed by atoms with van der Waals surface area (Å²) >= 11 is 0. The molecular formula is C22H22N2O4. The third-order valence-corrected chi connectivity index (χ3v) is 5.77. The van der Waals surface area contributed by atoms with Crippen molar-refractivity contribution < 1.29 is 19.5 Å². The maximum absolute atomic E-state index is 13.0. The van der Waals surface area contributed by atoms with E-state index in [4.69, 9.17) is 5.11 Å². The molecule has 0 radical (unpaired) electrons. The Labute approximate surface area is 163 Å². The lowest BCUT2D eigenvalue weighted by molar-refractivity contribution is -0.127. The second-order valence-electron chi connectivity index (χ2n) is 7.51. The summed E-state index contributed by atoms with van der Waals surface area (Å²) in [4.78, 5) is 38.0. The Balaban J connectivity index is 1.50. The average molecular weight is 378 g/mol. The zero-order chi connectivity index (χ0) is 19.8. The molecule has 2 aliphatic rings. The van der Waals surface area contributed by atoms with Gasteiger partial charge in [-0.05, 0) is 54.2 Å². The molecule has 2 unspecified atom stereocenters. The predicted octanol–water partition coefficient (Wildman–Crippen LogP) is 2.51. The molecule has 1 heterocycles. The minimum Gasteiger partial charge on any atom is -0.478 e. The number of amides is 2. The number of fused-ring (bicyclic) bond motifs is 2. The summed E-state index contributed by atoms with van der Waals surface area (Å²) in [6, 6.07) is 12.7. The Bertz CT molecular complexity index is 969. The first-order chi connectivity index (χ1) is 13.4. The number of aromatic carboxylic acids is 1. The molecule has 6 heteroatoms. The Morgan fingerprint density at radius 1 is 1.11 bits per heavy atom. The van der Waals surface area contributed by atoms with Crippen LogP contribution in [0.5, 0.6) is 0 Å². The third kappa shape index (κ3) is 3.26. The quantitative estimate of drug-likeness (QED) is 0.859. The van der Waals surface area contributed by atoms with Gasteiger partial charge in [0.05, 0.1) is 11.5 Å². The molecule has 0 fully saturated rings. The van der Waals surface area contributed by atoms with E-state index in [0.29, 0.717) is 12.0 Å². The fourth-order valence-electron chi connectivity index (χ4n) is 4.19. The van der Waals surface area contributed by atoms with Gasteiger partial charge in [-0.3, -0.25) is 9.59 Å². The molecule has 0 saturated heterocycles. The van der Waals surface area contributed by atoms with Crippen LogP contribution in [0.4, 0.5) is 5.69 Å². The SMILES string of the molecule is CN1C(=O)CC(C(=O)NC2CCc3cc(C(=O)O)ccc3C2)c2ccccc21. The smallest absolute Gasteiger partial charge is 0.335 e. The lowest BCUT2D eigenvalue weighted by Gasteiger charge is -2.32. The largest absolute Gasteiger partial charge is 0.478 e. The number of carboxylic acids is 1. The van der Waals surface area contributed by atoms with Gasteiger partial charge >= 0.3 is 5.97 Å². The molecule has 2 amide bonds. The minimum absolute atomic E-state index is 0.0161. The number of hydrogen-bond donors (Lipinski definition) is 2. The van der Waals surface area contributed by atoms with Gasteiger partial charge in [-0.25, -0.2) is 4.79 Å². The van der Waals surface area contributed by atoms with Crippen molar-refractivity contribution in [1.82, 2.24) is 5.32 Å². The second-order valence-corrected chi connectivity index (χ2v) is 7.51. The summed E-state index contributed by atoms with van der Waals surface area (Å²) in [5.41, 5.74) is 4.06. The van der Waals surface area contributed by atoms with Gasteiger partial charge in [0, 0.05) is 25.2 Å². The van der Waals surface area contributed by atoms with Crippen molar-refractivity contribution in [3.8, 4) is 0 Å². The fourth-order valence-corrected chi connectivity index (χ4v) is 4.19. The molecule has 6 nitrogen and oxygen atoms in total. The Kier molecular flexibility index (Phi) is 4.63. The van der Waals surface area contributed by atoms with Crippen LogP contribution in [0.3, 0.4) is 0 Å². The molecule has 1 aliphatic carbocycles. The maximum atomic E-state index is 13.0. The number of nitrogens with zero attached hydrogens (tertiary/aromatic N) is 1. The van der Waals surface area contributed by atoms with Crippen molar-refractivity contribution in [1.29, 1.82) is 0 Å². The van der Waals surface area contributed by atoms with E-state index in [2.05, 4.69) is 5.32 Å². The molecule has 2 aromatic carbocycles. The molecule has 1 aliphatic heterocycles. The fraction of sp³-hybridized carbons (Fsp3) is 0.318. The molecular weight excluding hydrogens is 356 g/mol. The van der Waals surface area contributed by atoms with E-state index in [1.54, 1.807) is 24.1 Å². The molecule has 0 saturated carbocycles. The van der Waals surface area contributed by atoms with Crippen molar-refractivity contribution in [2.24, 2.45) is 0 Å². The monoisotopic (exact) mass is 378 g/mol. The highest BCUT2D eigenvalue weighted by Gasteiger charge is 2.34. The number of carboxylic acid groups (broad SMARTS) is 1. The van der Waals surface area contributed by atoms with Crippen LogP contribution in [-0.4, -0.2) is 36.0 Å². The number of carbonyl (C=O) groups is 3. The van der Waals surface area contributed by atoms with E-state index in [0.717, 1.165) is 35.2 Å². The summed E-state index contributed by atoms with van der Waals surface area (Å²) in [6.07, 6.45) is 2.32. The standard InChI is InChI=1S/C22H22N2O4/c1-24-19-5-3-2-4-17(19)18(12-20(24)25)21(26)23-16-9-8-13-10-15(22(27)28)7-6-14(13)11-16/h2-7,10,16,18H,8-9,11-12H2,1H3,(H,23,26)(H,27,28). The topological polar surface area (TPSA) is 86.7 Å². The normalized spacial score (nSPS) is 20.9. The number of para-hydroxylation sites is 1. The van der Waals surface area contributed by atoms with Gasteiger partial charge < -0.3 is 15.3 Å². The number of rotatable bonds is 3. The van der Waals surface area contributed by atoms with Gasteiger partial charge in [0.2, 0.25) is 11.8 Å². The Hall–Kier alpha value is -3.15. The zero-order valence-corrected chi connectivity index (χ0v) is 15.6. The molecule has 2 atom stereocenters. The number of benzene rings is 2. The summed E-state index contributed by atoms with van der Waals surface area (Å²) in [5.74, 6) is -1.59. The zero-order valence-electron chi connectivity index (χ0n) is 15.6. The van der Waals surface area contributed by atoms with Gasteiger partial charge in [0.1, 0.15) is 0 Å². The maximum Gasteiger partial charge on any atom is 0.335 e. The first-order valence-electron chi connectivity index (χ1n) is 9.45. The van der Waals surface area contributed by atoms with Gasteiger partial charge in [0.25, 0.3) is 0 Å². The summed E-state index contributed by atoms with van der Waals surface area (Å²) in [6.45, 7) is 0. The molecule has 0 spiro atoms. The van der Waals surface area contributed by atoms with Crippen LogP contribution < -0.4 is 10.2 Å². The van der Waals surface area contributed by atoms with Crippen LogP contribution >= 0.6 is 0 Å². The van der Waals surface area contributed by atoms with E-state index >= 15 is 0 Å². The van der Waals surface area contributed by atoms with Gasteiger partial charge in [-0.1, -0.05) is 24.3 Å². The highest BCUT2D eigenvalue weighted by molar-refractivity contribution is 6.02. The highest BCUT2D eigenvalue weighted by Crippen LogP contribution is 2.35. The van der Waals surface area contributed by atoms with Crippen LogP contribution in [-0.2, 0) is 22.4 Å². The molecule has 144 valence electrons. The Morgan fingerprint density at radius 3 is 2.68 bits per heavy atom. The molecule has 2 aromatic rings. The van der Waals surface area contributed by atoms with Crippen LogP contribution in [0.15, 0.2) is 42.5 Å². The third-order valence-electron chi connectivity index (χ3n) is 5.77. The molecule has 4 rings (SSSR count). The number of nitrogens with one attached hydrogen (secondary N) is 1. The number of anilines is 1. The first-order valence-corrected chi connectivity index (χ1v) is 9.45. The lowest BCUT2D eigenvalue weighted by atomic mass is 9.85. The van der Waals surface area contributed by atoms with E-state index < -0.39 is 11.9 Å². The molecule has 2 N–H and O–H groups in total. The van der Waals surface area contributed by atoms with Crippen molar-refractivity contribution in [2.45, 2.75) is 37.6 Å². The molecule has 28 heavy (non-hydrogen) atoms. The van der Waals surface area contributed by atoms with Crippen molar-refractivity contribution in [2.75, 3.05) is 11.9 Å². The summed E-state index contributed by atoms with van der Waals surface area (Å²) in [5, 5.41) is 12.3. The number of hydrogen-bond acceptors (Lipinski definition) is 3. The summed E-state index contributed by atoms with van der Waals surface area (Å²) < 4.78 is 0. The van der Waals surface area contributed by atoms with Gasteiger partial charge in [-0.2, -0.15) is 0 Å². The minimum atomic E-state index is -0.927. The predicted molar refractivity (Wildman–Crippen MR) is 105 cm³/mol. The van der Waals surface area contributed by atoms with Crippen molar-refractivity contribution in [3.05, 3.63) is 64.7 Å². The number of aryl methyl sites for hydroxylation is 1. The first kappa shape index (κ1) is 18.2. The van der Waals surface area contributed by atoms with Gasteiger partial charge in [-0.15, -0.1) is 0 Å². The van der Waals surface area contributed by atoms with Crippen LogP contribution in [0.1, 0.15) is 45.8 Å². The second kappa shape index (κ2) is 7.11. The van der Waals surface area contributed by atoms with Crippen molar-refractivity contribution >= 4 is 23.5 Å². The van der Waals surface area contributed by atoms with E-state index in [9.17, 15) is 14.4 Å². The van der Waals surface area contributed by atoms with Crippen LogP contribution in [0.25, 0.3) is 0 Å². The lowest BCUT2D eigenvalue weighted by Crippen LogP contribution is -2.44. The van der Waals surface area contributed by atoms with Crippen LogP contribution in [0, 0.1) is 0 Å². The van der Waals surface area contributed by atoms with Crippen LogP contribution in [0.2, 0.25) is 0 Å². The highest BCUT2D eigenvalue weighted by atomic mass is 16.4. The molecule has 0 aromatic heterocycles.